The Labute approximate surface area is 140 Å². The van der Waals surface area contributed by atoms with Gasteiger partial charge in [0.1, 0.15) is 4.60 Å². The molecule has 2 unspecified atom stereocenters. The molecule has 0 saturated carbocycles. The number of halogens is 1. The van der Waals surface area contributed by atoms with Gasteiger partial charge in [-0.15, -0.1) is 0 Å². The van der Waals surface area contributed by atoms with Crippen molar-refractivity contribution in [2.75, 3.05) is 0 Å². The zero-order chi connectivity index (χ0) is 15.9. The quantitative estimate of drug-likeness (QED) is 0.342. The lowest BCUT2D eigenvalue weighted by Crippen LogP contribution is -2.19. The molecule has 21 heavy (non-hydrogen) atoms. The number of unbranched alkanes of at least 4 members (excludes halogenated alkanes) is 3. The first kappa shape index (κ1) is 18.7. The summed E-state index contributed by atoms with van der Waals surface area (Å²) in [4.78, 5) is 4.72. The van der Waals surface area contributed by atoms with Crippen molar-refractivity contribution < 1.29 is 0 Å². The van der Waals surface area contributed by atoms with Gasteiger partial charge in [0.05, 0.1) is 0 Å². The van der Waals surface area contributed by atoms with E-state index in [4.69, 9.17) is 4.98 Å². The van der Waals surface area contributed by atoms with Gasteiger partial charge in [0.25, 0.3) is 0 Å². The monoisotopic (exact) mass is 353 g/mol. The summed E-state index contributed by atoms with van der Waals surface area (Å²) < 4.78 is 0.955. The second kappa shape index (κ2) is 8.92. The number of rotatable bonds is 9. The van der Waals surface area contributed by atoms with E-state index in [-0.39, 0.29) is 0 Å². The van der Waals surface area contributed by atoms with Gasteiger partial charge < -0.3 is 0 Å². The average molecular weight is 354 g/mol. The van der Waals surface area contributed by atoms with Crippen LogP contribution in [0.15, 0.2) is 16.7 Å². The van der Waals surface area contributed by atoms with Crippen LogP contribution in [0.1, 0.15) is 89.8 Å². The Bertz CT molecular complexity index is 430. The summed E-state index contributed by atoms with van der Waals surface area (Å²) in [6, 6.07) is 4.21. The highest BCUT2D eigenvalue weighted by molar-refractivity contribution is 9.10. The van der Waals surface area contributed by atoms with E-state index in [1.807, 2.05) is 6.07 Å². The third-order valence-electron chi connectivity index (χ3n) is 4.86. The molecule has 0 radical (unpaired) electrons. The second-order valence-corrected chi connectivity index (χ2v) is 7.73. The minimum absolute atomic E-state index is 0.448. The molecule has 0 bridgehead atoms. The highest BCUT2D eigenvalue weighted by Crippen LogP contribution is 2.39. The van der Waals surface area contributed by atoms with Gasteiger partial charge in [0.15, 0.2) is 0 Å². The highest BCUT2D eigenvalue weighted by atomic mass is 79.9. The van der Waals surface area contributed by atoms with Crippen LogP contribution in [-0.4, -0.2) is 4.98 Å². The molecule has 1 heterocycles. The van der Waals surface area contributed by atoms with Crippen LogP contribution in [-0.2, 0) is 0 Å². The van der Waals surface area contributed by atoms with Crippen LogP contribution in [0.5, 0.6) is 0 Å². The highest BCUT2D eigenvalue weighted by Gasteiger charge is 2.26. The molecule has 0 saturated heterocycles. The van der Waals surface area contributed by atoms with E-state index < -0.39 is 0 Å². The maximum atomic E-state index is 4.72. The fourth-order valence-electron chi connectivity index (χ4n) is 3.26. The van der Waals surface area contributed by atoms with Crippen LogP contribution in [0.2, 0.25) is 0 Å². The first-order chi connectivity index (χ1) is 9.91. The molecule has 0 spiro atoms. The van der Waals surface area contributed by atoms with E-state index >= 15 is 0 Å². The molecule has 1 aromatic heterocycles. The van der Waals surface area contributed by atoms with E-state index in [1.54, 1.807) is 0 Å². The van der Waals surface area contributed by atoms with Crippen LogP contribution in [0, 0.1) is 12.3 Å². The summed E-state index contributed by atoms with van der Waals surface area (Å²) in [6.07, 6.45) is 9.30. The Kier molecular flexibility index (Phi) is 7.94. The summed E-state index contributed by atoms with van der Waals surface area (Å²) in [5, 5.41) is 0. The fraction of sp³-hybridized carbons (Fsp3) is 0.737. The number of aromatic nitrogens is 1. The molecule has 0 amide bonds. The molecular formula is C19H32BrN. The number of hydrogen-bond donors (Lipinski definition) is 0. The van der Waals surface area contributed by atoms with Crippen molar-refractivity contribution in [2.24, 2.45) is 5.41 Å². The predicted molar refractivity (Wildman–Crippen MR) is 96.9 cm³/mol. The van der Waals surface area contributed by atoms with Crippen LogP contribution in [0.25, 0.3) is 0 Å². The van der Waals surface area contributed by atoms with Gasteiger partial charge in [-0.25, -0.2) is 4.98 Å². The summed E-state index contributed by atoms with van der Waals surface area (Å²) in [7, 11) is 0. The molecule has 1 nitrogen and oxygen atoms in total. The molecule has 120 valence electrons. The molecule has 2 heteroatoms. The fourth-order valence-corrected chi connectivity index (χ4v) is 3.58. The topological polar surface area (TPSA) is 12.9 Å². The molecule has 0 aliphatic heterocycles. The number of aryl methyl sites for hydroxylation is 1. The van der Waals surface area contributed by atoms with Crippen LogP contribution >= 0.6 is 15.9 Å². The molecule has 0 aromatic carbocycles. The first-order valence-electron chi connectivity index (χ1n) is 8.55. The van der Waals surface area contributed by atoms with Crippen molar-refractivity contribution in [2.45, 2.75) is 85.5 Å². The zero-order valence-corrected chi connectivity index (χ0v) is 16.1. The van der Waals surface area contributed by atoms with Gasteiger partial charge in [0.2, 0.25) is 0 Å². The van der Waals surface area contributed by atoms with Gasteiger partial charge in [-0.2, -0.15) is 0 Å². The molecule has 1 aromatic rings. The Morgan fingerprint density at radius 1 is 1.19 bits per heavy atom. The van der Waals surface area contributed by atoms with Crippen LogP contribution in [0.3, 0.4) is 0 Å². The van der Waals surface area contributed by atoms with Crippen molar-refractivity contribution in [1.29, 1.82) is 0 Å². The molecule has 0 aliphatic carbocycles. The van der Waals surface area contributed by atoms with Crippen LogP contribution in [0.4, 0.5) is 0 Å². The molecule has 2 atom stereocenters. The molecule has 1 rings (SSSR count). The summed E-state index contributed by atoms with van der Waals surface area (Å²) in [5.41, 5.74) is 3.02. The lowest BCUT2D eigenvalue weighted by Gasteiger charge is -2.31. The van der Waals surface area contributed by atoms with E-state index in [0.717, 1.165) is 4.60 Å². The third-order valence-corrected chi connectivity index (χ3v) is 5.30. The average Bonchev–Trinajstić information content (AvgIpc) is 2.46. The number of nitrogens with zero attached hydrogens (tertiary/aromatic N) is 1. The lowest BCUT2D eigenvalue weighted by atomic mass is 9.74. The standard InChI is InChI=1S/C19H32BrN/c1-6-8-9-10-13-19(5,7-2)14-16(4)18-15(3)11-12-17(20)21-18/h11-12,16H,6-10,13-14H2,1-5H3. The van der Waals surface area contributed by atoms with Gasteiger partial charge in [0, 0.05) is 5.69 Å². The number of pyridine rings is 1. The lowest BCUT2D eigenvalue weighted by molar-refractivity contribution is 0.233. The predicted octanol–water partition coefficient (Wildman–Crippen LogP) is 7.03. The summed E-state index contributed by atoms with van der Waals surface area (Å²) in [6.45, 7) is 11.6. The zero-order valence-electron chi connectivity index (χ0n) is 14.5. The van der Waals surface area contributed by atoms with Crippen molar-refractivity contribution in [3.8, 4) is 0 Å². The van der Waals surface area contributed by atoms with Crippen LogP contribution < -0.4 is 0 Å². The maximum absolute atomic E-state index is 4.72. The first-order valence-corrected chi connectivity index (χ1v) is 9.34. The summed E-state index contributed by atoms with van der Waals surface area (Å²) >= 11 is 3.51. The molecule has 0 fully saturated rings. The van der Waals surface area contributed by atoms with Crippen molar-refractivity contribution in [3.05, 3.63) is 28.0 Å². The molecule has 0 N–H and O–H groups in total. The third kappa shape index (κ3) is 6.10. The summed E-state index contributed by atoms with van der Waals surface area (Å²) in [5.74, 6) is 0.527. The van der Waals surface area contributed by atoms with Gasteiger partial charge >= 0.3 is 0 Å². The SMILES string of the molecule is CCCCCCC(C)(CC)CC(C)c1nc(Br)ccc1C. The minimum Gasteiger partial charge on any atom is -0.245 e. The van der Waals surface area contributed by atoms with E-state index in [2.05, 4.69) is 56.6 Å². The van der Waals surface area contributed by atoms with E-state index in [9.17, 15) is 0 Å². The van der Waals surface area contributed by atoms with Gasteiger partial charge in [-0.1, -0.05) is 65.9 Å². The Morgan fingerprint density at radius 3 is 2.52 bits per heavy atom. The Morgan fingerprint density at radius 2 is 1.90 bits per heavy atom. The smallest absolute Gasteiger partial charge is 0.106 e. The largest absolute Gasteiger partial charge is 0.245 e. The number of hydrogen-bond acceptors (Lipinski definition) is 1. The normalized spacial score (nSPS) is 15.7. The molecule has 0 aliphatic rings. The van der Waals surface area contributed by atoms with Crippen molar-refractivity contribution in [1.82, 2.24) is 4.98 Å². The minimum atomic E-state index is 0.448. The van der Waals surface area contributed by atoms with Crippen molar-refractivity contribution >= 4 is 15.9 Å². The Balaban J connectivity index is 2.68. The van der Waals surface area contributed by atoms with Crippen molar-refractivity contribution in [3.63, 3.8) is 0 Å². The second-order valence-electron chi connectivity index (χ2n) is 6.92. The van der Waals surface area contributed by atoms with Gasteiger partial charge in [-0.05, 0) is 58.7 Å². The Hall–Kier alpha value is -0.370. The maximum Gasteiger partial charge on any atom is 0.106 e. The van der Waals surface area contributed by atoms with E-state index in [1.165, 1.54) is 56.2 Å². The van der Waals surface area contributed by atoms with E-state index in [0.29, 0.717) is 11.3 Å². The molecular weight excluding hydrogens is 322 g/mol. The van der Waals surface area contributed by atoms with Gasteiger partial charge in [-0.3, -0.25) is 0 Å².